The molecule has 0 bridgehead atoms. The summed E-state index contributed by atoms with van der Waals surface area (Å²) < 4.78 is 0. The van der Waals surface area contributed by atoms with Crippen molar-refractivity contribution >= 4 is 17.5 Å². The van der Waals surface area contributed by atoms with Crippen molar-refractivity contribution in [2.75, 3.05) is 18.9 Å². The summed E-state index contributed by atoms with van der Waals surface area (Å²) in [6.45, 7) is 0.930. The molecule has 0 aromatic heterocycles. The quantitative estimate of drug-likeness (QED) is 0.630. The van der Waals surface area contributed by atoms with E-state index in [4.69, 9.17) is 0 Å². The largest absolute Gasteiger partial charge is 0.376 e. The van der Waals surface area contributed by atoms with Crippen LogP contribution in [0.4, 0.5) is 5.69 Å². The third kappa shape index (κ3) is 6.32. The number of nitrogens with zero attached hydrogens (tertiary/aromatic N) is 1. The molecular weight excluding hydrogens is 364 g/mol. The first-order valence-corrected chi connectivity index (χ1v) is 10.3. The number of hydrogen-bond acceptors (Lipinski definition) is 4. The van der Waals surface area contributed by atoms with Gasteiger partial charge >= 0.3 is 0 Å². The second-order valence-electron chi connectivity index (χ2n) is 7.59. The Hall–Kier alpha value is -2.86. The Kier molecular flexibility index (Phi) is 7.64. The summed E-state index contributed by atoms with van der Waals surface area (Å²) in [5.41, 5.74) is 7.50. The molecule has 0 unspecified atom stereocenters. The van der Waals surface area contributed by atoms with Gasteiger partial charge in [-0.25, -0.2) is 0 Å². The summed E-state index contributed by atoms with van der Waals surface area (Å²) in [7, 11) is 2.18. The highest BCUT2D eigenvalue weighted by Gasteiger charge is 2.18. The summed E-state index contributed by atoms with van der Waals surface area (Å²) in [4.78, 5) is 26.5. The Balaban J connectivity index is 1.48. The summed E-state index contributed by atoms with van der Waals surface area (Å²) in [5.74, 6) is -0.641. The maximum atomic E-state index is 12.1. The Morgan fingerprint density at radius 1 is 0.931 bits per heavy atom. The summed E-state index contributed by atoms with van der Waals surface area (Å²) in [6, 6.07) is 17.5. The topological polar surface area (TPSA) is 73.5 Å². The molecule has 154 valence electrons. The van der Waals surface area contributed by atoms with E-state index in [-0.39, 0.29) is 18.4 Å². The Labute approximate surface area is 172 Å². The van der Waals surface area contributed by atoms with Crippen molar-refractivity contribution in [3.63, 3.8) is 0 Å². The van der Waals surface area contributed by atoms with Crippen molar-refractivity contribution in [2.45, 2.75) is 44.7 Å². The normalized spacial score (nSPS) is 14.4. The highest BCUT2D eigenvalue weighted by Crippen LogP contribution is 2.24. The highest BCUT2D eigenvalue weighted by molar-refractivity contribution is 5.95. The molecule has 2 aromatic carbocycles. The standard InChI is InChI=1S/C23H30N4O2/c1-27(20-13-6-3-7-14-20)17-19-12-8-9-15-21(19)24-16-22(28)25-26-23(29)18-10-4-2-5-11-18/h2,4-5,8-12,15,20,24H,3,6-7,13-14,16-17H2,1H3,(H,25,28)(H,26,29). The number of anilines is 1. The molecular formula is C23H30N4O2. The maximum absolute atomic E-state index is 12.1. The van der Waals surface area contributed by atoms with Gasteiger partial charge in [-0.05, 0) is 43.7 Å². The lowest BCUT2D eigenvalue weighted by molar-refractivity contribution is -0.120. The van der Waals surface area contributed by atoms with E-state index in [1.165, 1.54) is 37.7 Å². The molecule has 0 radical (unpaired) electrons. The minimum Gasteiger partial charge on any atom is -0.376 e. The highest BCUT2D eigenvalue weighted by atomic mass is 16.2. The van der Waals surface area contributed by atoms with Crippen molar-refractivity contribution < 1.29 is 9.59 Å². The first-order chi connectivity index (χ1) is 14.1. The van der Waals surface area contributed by atoms with E-state index in [1.807, 2.05) is 24.3 Å². The molecule has 0 saturated heterocycles. The van der Waals surface area contributed by atoms with Crippen molar-refractivity contribution in [1.29, 1.82) is 0 Å². The fourth-order valence-corrected chi connectivity index (χ4v) is 3.76. The number of para-hydroxylation sites is 1. The zero-order chi connectivity index (χ0) is 20.5. The molecule has 6 heteroatoms. The van der Waals surface area contributed by atoms with E-state index in [9.17, 15) is 9.59 Å². The third-order valence-corrected chi connectivity index (χ3v) is 5.43. The van der Waals surface area contributed by atoms with Crippen LogP contribution in [0.25, 0.3) is 0 Å². The molecule has 0 heterocycles. The van der Waals surface area contributed by atoms with Crippen molar-refractivity contribution in [3.05, 3.63) is 65.7 Å². The van der Waals surface area contributed by atoms with Gasteiger partial charge in [0.2, 0.25) is 0 Å². The van der Waals surface area contributed by atoms with Crippen LogP contribution >= 0.6 is 0 Å². The number of hydrazine groups is 1. The van der Waals surface area contributed by atoms with Gasteiger partial charge in [-0.1, -0.05) is 55.7 Å². The molecule has 3 N–H and O–H groups in total. The van der Waals surface area contributed by atoms with Crippen LogP contribution in [0.5, 0.6) is 0 Å². The van der Waals surface area contributed by atoms with Crippen molar-refractivity contribution in [2.24, 2.45) is 0 Å². The molecule has 1 saturated carbocycles. The monoisotopic (exact) mass is 394 g/mol. The molecule has 29 heavy (non-hydrogen) atoms. The first kappa shape index (κ1) is 20.9. The predicted octanol–water partition coefficient (Wildman–Crippen LogP) is 3.32. The van der Waals surface area contributed by atoms with E-state index in [2.05, 4.69) is 34.2 Å². The van der Waals surface area contributed by atoms with Gasteiger partial charge in [-0.3, -0.25) is 25.3 Å². The Bertz CT molecular complexity index is 804. The smallest absolute Gasteiger partial charge is 0.269 e. The minimum atomic E-state index is -0.339. The lowest BCUT2D eigenvalue weighted by Gasteiger charge is -2.31. The van der Waals surface area contributed by atoms with Gasteiger partial charge in [0.1, 0.15) is 0 Å². The van der Waals surface area contributed by atoms with Crippen LogP contribution in [-0.4, -0.2) is 36.3 Å². The fraction of sp³-hybridized carbons (Fsp3) is 0.391. The molecule has 0 aliphatic heterocycles. The third-order valence-electron chi connectivity index (χ3n) is 5.43. The molecule has 1 aliphatic carbocycles. The van der Waals surface area contributed by atoms with Crippen LogP contribution in [0.3, 0.4) is 0 Å². The summed E-state index contributed by atoms with van der Waals surface area (Å²) in [6.07, 6.45) is 6.48. The van der Waals surface area contributed by atoms with Crippen molar-refractivity contribution in [1.82, 2.24) is 15.8 Å². The number of benzene rings is 2. The maximum Gasteiger partial charge on any atom is 0.269 e. The average Bonchev–Trinajstić information content (AvgIpc) is 2.78. The molecule has 1 aliphatic rings. The van der Waals surface area contributed by atoms with E-state index in [0.717, 1.165) is 12.2 Å². The number of amides is 2. The molecule has 2 aromatic rings. The van der Waals surface area contributed by atoms with Crippen LogP contribution in [0.1, 0.15) is 48.0 Å². The number of rotatable bonds is 7. The van der Waals surface area contributed by atoms with Crippen LogP contribution in [0.15, 0.2) is 54.6 Å². The molecule has 2 amide bonds. The lowest BCUT2D eigenvalue weighted by atomic mass is 9.94. The molecule has 3 rings (SSSR count). The van der Waals surface area contributed by atoms with Crippen molar-refractivity contribution in [3.8, 4) is 0 Å². The second kappa shape index (κ2) is 10.6. The van der Waals surface area contributed by atoms with Crippen LogP contribution in [0.2, 0.25) is 0 Å². The SMILES string of the molecule is CN(Cc1ccccc1NCC(=O)NNC(=O)c1ccccc1)C1CCCCC1. The van der Waals surface area contributed by atoms with Gasteiger partial charge in [-0.15, -0.1) is 0 Å². The van der Waals surface area contributed by atoms with Crippen LogP contribution in [-0.2, 0) is 11.3 Å². The second-order valence-corrected chi connectivity index (χ2v) is 7.59. The van der Waals surface area contributed by atoms with Gasteiger partial charge < -0.3 is 5.32 Å². The van der Waals surface area contributed by atoms with Gasteiger partial charge in [-0.2, -0.15) is 0 Å². The fourth-order valence-electron chi connectivity index (χ4n) is 3.76. The lowest BCUT2D eigenvalue weighted by Crippen LogP contribution is -2.44. The van der Waals surface area contributed by atoms with Gasteiger partial charge in [0.15, 0.2) is 0 Å². The van der Waals surface area contributed by atoms with E-state index >= 15 is 0 Å². The first-order valence-electron chi connectivity index (χ1n) is 10.3. The van der Waals surface area contributed by atoms with E-state index < -0.39 is 0 Å². The number of carbonyl (C=O) groups is 2. The molecule has 6 nitrogen and oxygen atoms in total. The summed E-state index contributed by atoms with van der Waals surface area (Å²) in [5, 5.41) is 3.19. The summed E-state index contributed by atoms with van der Waals surface area (Å²) >= 11 is 0. The zero-order valence-electron chi connectivity index (χ0n) is 17.0. The van der Waals surface area contributed by atoms with Crippen LogP contribution < -0.4 is 16.2 Å². The Morgan fingerprint density at radius 3 is 2.38 bits per heavy atom. The zero-order valence-corrected chi connectivity index (χ0v) is 17.0. The van der Waals surface area contributed by atoms with Gasteiger partial charge in [0, 0.05) is 23.8 Å². The average molecular weight is 395 g/mol. The van der Waals surface area contributed by atoms with E-state index in [1.54, 1.807) is 24.3 Å². The number of hydrogen-bond donors (Lipinski definition) is 3. The van der Waals surface area contributed by atoms with Crippen LogP contribution in [0, 0.1) is 0 Å². The minimum absolute atomic E-state index is 0.0826. The molecule has 0 atom stereocenters. The van der Waals surface area contributed by atoms with Gasteiger partial charge in [0.25, 0.3) is 11.8 Å². The Morgan fingerprint density at radius 2 is 1.62 bits per heavy atom. The number of nitrogens with one attached hydrogen (secondary N) is 3. The predicted molar refractivity (Wildman–Crippen MR) is 115 cm³/mol. The number of carbonyl (C=O) groups excluding carboxylic acids is 2. The molecule has 1 fully saturated rings. The molecule has 0 spiro atoms. The van der Waals surface area contributed by atoms with Gasteiger partial charge in [0.05, 0.1) is 6.54 Å². The van der Waals surface area contributed by atoms with E-state index in [0.29, 0.717) is 11.6 Å².